The molecule has 1 unspecified atom stereocenters. The molecule has 1 aromatic carbocycles. The molecular formula is C14H16ClN3O2. The summed E-state index contributed by atoms with van der Waals surface area (Å²) in [4.78, 5) is 3.98. The van der Waals surface area contributed by atoms with Crippen molar-refractivity contribution >= 4 is 11.6 Å². The van der Waals surface area contributed by atoms with Crippen molar-refractivity contribution in [2.24, 2.45) is 5.84 Å². The Morgan fingerprint density at radius 2 is 1.85 bits per heavy atom. The highest BCUT2D eigenvalue weighted by Crippen LogP contribution is 2.38. The molecule has 0 amide bonds. The van der Waals surface area contributed by atoms with Crippen molar-refractivity contribution < 1.29 is 9.47 Å². The monoisotopic (exact) mass is 293 g/mol. The van der Waals surface area contributed by atoms with Gasteiger partial charge in [0.05, 0.1) is 30.8 Å². The summed E-state index contributed by atoms with van der Waals surface area (Å²) in [6, 6.07) is 6.98. The van der Waals surface area contributed by atoms with Gasteiger partial charge in [-0.3, -0.25) is 10.8 Å². The Labute approximate surface area is 122 Å². The number of halogens is 1. The van der Waals surface area contributed by atoms with Crippen LogP contribution in [0.5, 0.6) is 11.5 Å². The van der Waals surface area contributed by atoms with Crippen molar-refractivity contribution in [2.45, 2.75) is 6.04 Å². The molecule has 2 aromatic rings. The summed E-state index contributed by atoms with van der Waals surface area (Å²) in [5.74, 6) is 7.05. The van der Waals surface area contributed by atoms with Gasteiger partial charge in [0.2, 0.25) is 0 Å². The van der Waals surface area contributed by atoms with Crippen LogP contribution in [0.3, 0.4) is 0 Å². The largest absolute Gasteiger partial charge is 0.496 e. The fourth-order valence-corrected chi connectivity index (χ4v) is 2.34. The third kappa shape index (κ3) is 2.70. The number of nitrogens with zero attached hydrogens (tertiary/aromatic N) is 1. The van der Waals surface area contributed by atoms with E-state index in [1.807, 2.05) is 18.2 Å². The molecule has 0 spiro atoms. The van der Waals surface area contributed by atoms with E-state index >= 15 is 0 Å². The predicted octanol–water partition coefficient (Wildman–Crippen LogP) is 2.30. The van der Waals surface area contributed by atoms with E-state index in [4.69, 9.17) is 26.9 Å². The molecule has 0 bridgehead atoms. The average Bonchev–Trinajstić information content (AvgIpc) is 2.49. The fraction of sp³-hybridized carbons (Fsp3) is 0.214. The van der Waals surface area contributed by atoms with Gasteiger partial charge in [-0.2, -0.15) is 0 Å². The Kier molecular flexibility index (Phi) is 4.79. The van der Waals surface area contributed by atoms with E-state index in [1.54, 1.807) is 32.7 Å². The van der Waals surface area contributed by atoms with Crippen LogP contribution >= 0.6 is 11.6 Å². The smallest absolute Gasteiger partial charge is 0.127 e. The van der Waals surface area contributed by atoms with Crippen LogP contribution in [0.4, 0.5) is 0 Å². The van der Waals surface area contributed by atoms with Crippen LogP contribution in [0.1, 0.15) is 17.2 Å². The number of benzene rings is 1. The minimum Gasteiger partial charge on any atom is -0.496 e. The van der Waals surface area contributed by atoms with Gasteiger partial charge in [0.1, 0.15) is 11.5 Å². The number of nitrogens with two attached hydrogens (primary N) is 1. The number of hydrogen-bond donors (Lipinski definition) is 2. The highest BCUT2D eigenvalue weighted by molar-refractivity contribution is 6.31. The summed E-state index contributed by atoms with van der Waals surface area (Å²) >= 11 is 6.20. The number of nitrogens with one attached hydrogen (secondary N) is 1. The van der Waals surface area contributed by atoms with E-state index < -0.39 is 0 Å². The van der Waals surface area contributed by atoms with Crippen molar-refractivity contribution in [1.82, 2.24) is 10.4 Å². The standard InChI is InChI=1S/C14H16ClN3O2/c1-19-11-4-3-5-12(20-2)13(11)14(18-16)9-6-7-17-8-10(9)15/h3-8,14,18H,16H2,1-2H3. The second-order valence-corrected chi connectivity index (χ2v) is 4.48. The first-order valence-electron chi connectivity index (χ1n) is 5.99. The van der Waals surface area contributed by atoms with E-state index in [-0.39, 0.29) is 6.04 Å². The molecular weight excluding hydrogens is 278 g/mol. The van der Waals surface area contributed by atoms with Gasteiger partial charge in [-0.1, -0.05) is 17.7 Å². The third-order valence-corrected chi connectivity index (χ3v) is 3.35. The van der Waals surface area contributed by atoms with Gasteiger partial charge >= 0.3 is 0 Å². The first kappa shape index (κ1) is 14.6. The summed E-state index contributed by atoms with van der Waals surface area (Å²) in [7, 11) is 3.19. The molecule has 106 valence electrons. The SMILES string of the molecule is COc1cccc(OC)c1C(NN)c1ccncc1Cl. The van der Waals surface area contributed by atoms with Gasteiger partial charge in [-0.05, 0) is 23.8 Å². The molecule has 0 radical (unpaired) electrons. The molecule has 20 heavy (non-hydrogen) atoms. The Morgan fingerprint density at radius 3 is 2.35 bits per heavy atom. The van der Waals surface area contributed by atoms with Gasteiger partial charge in [-0.25, -0.2) is 5.43 Å². The molecule has 1 aromatic heterocycles. The third-order valence-electron chi connectivity index (χ3n) is 3.04. The molecule has 0 aliphatic heterocycles. The second kappa shape index (κ2) is 6.56. The van der Waals surface area contributed by atoms with Crippen LogP contribution in [0.25, 0.3) is 0 Å². The molecule has 0 aliphatic carbocycles. The van der Waals surface area contributed by atoms with Gasteiger partial charge in [-0.15, -0.1) is 0 Å². The number of pyridine rings is 1. The molecule has 6 heteroatoms. The average molecular weight is 294 g/mol. The zero-order chi connectivity index (χ0) is 14.5. The van der Waals surface area contributed by atoms with Crippen molar-refractivity contribution in [3.8, 4) is 11.5 Å². The van der Waals surface area contributed by atoms with Crippen LogP contribution in [-0.2, 0) is 0 Å². The Hall–Kier alpha value is -1.82. The molecule has 1 heterocycles. The van der Waals surface area contributed by atoms with Crippen LogP contribution in [0.2, 0.25) is 5.02 Å². The maximum atomic E-state index is 6.20. The van der Waals surface area contributed by atoms with Gasteiger partial charge < -0.3 is 9.47 Å². The lowest BCUT2D eigenvalue weighted by atomic mass is 9.98. The molecule has 5 nitrogen and oxygen atoms in total. The van der Waals surface area contributed by atoms with Crippen molar-refractivity contribution in [3.63, 3.8) is 0 Å². The molecule has 0 saturated heterocycles. The lowest BCUT2D eigenvalue weighted by molar-refractivity contribution is 0.377. The number of methoxy groups -OCH3 is 2. The Balaban J connectivity index is 2.60. The first-order valence-corrected chi connectivity index (χ1v) is 6.37. The highest BCUT2D eigenvalue weighted by atomic mass is 35.5. The number of hydrazine groups is 1. The van der Waals surface area contributed by atoms with Crippen LogP contribution in [-0.4, -0.2) is 19.2 Å². The first-order chi connectivity index (χ1) is 9.72. The quantitative estimate of drug-likeness (QED) is 0.654. The van der Waals surface area contributed by atoms with Gasteiger partial charge in [0.25, 0.3) is 0 Å². The lowest BCUT2D eigenvalue weighted by Gasteiger charge is -2.22. The molecule has 1 atom stereocenters. The zero-order valence-electron chi connectivity index (χ0n) is 11.3. The molecule has 0 saturated carbocycles. The molecule has 3 N–H and O–H groups in total. The number of aromatic nitrogens is 1. The van der Waals surface area contributed by atoms with Crippen LogP contribution in [0.15, 0.2) is 36.7 Å². The van der Waals surface area contributed by atoms with Crippen molar-refractivity contribution in [1.29, 1.82) is 0 Å². The van der Waals surface area contributed by atoms with Crippen molar-refractivity contribution in [2.75, 3.05) is 14.2 Å². The summed E-state index contributed by atoms with van der Waals surface area (Å²) in [6.45, 7) is 0. The second-order valence-electron chi connectivity index (χ2n) is 4.07. The highest BCUT2D eigenvalue weighted by Gasteiger charge is 2.23. The van der Waals surface area contributed by atoms with Crippen LogP contribution < -0.4 is 20.7 Å². The van der Waals surface area contributed by atoms with E-state index in [1.165, 1.54) is 0 Å². The van der Waals surface area contributed by atoms with E-state index in [0.717, 1.165) is 11.1 Å². The molecule has 0 aliphatic rings. The van der Waals surface area contributed by atoms with Crippen LogP contribution in [0, 0.1) is 0 Å². The van der Waals surface area contributed by atoms with Gasteiger partial charge in [0.15, 0.2) is 0 Å². The molecule has 2 rings (SSSR count). The Bertz CT molecular complexity index is 570. The summed E-state index contributed by atoms with van der Waals surface area (Å²) in [5.41, 5.74) is 4.34. The van der Waals surface area contributed by atoms with E-state index in [9.17, 15) is 0 Å². The number of hydrogen-bond acceptors (Lipinski definition) is 5. The summed E-state index contributed by atoms with van der Waals surface area (Å²) in [6.07, 6.45) is 3.23. The van der Waals surface area contributed by atoms with Gasteiger partial charge in [0, 0.05) is 12.4 Å². The van der Waals surface area contributed by atoms with E-state index in [0.29, 0.717) is 16.5 Å². The van der Waals surface area contributed by atoms with Crippen molar-refractivity contribution in [3.05, 3.63) is 52.8 Å². The summed E-state index contributed by atoms with van der Waals surface area (Å²) in [5, 5.41) is 0.517. The number of ether oxygens (including phenoxy) is 2. The van der Waals surface area contributed by atoms with E-state index in [2.05, 4.69) is 10.4 Å². The fourth-order valence-electron chi connectivity index (χ4n) is 2.11. The lowest BCUT2D eigenvalue weighted by Crippen LogP contribution is -2.29. The maximum Gasteiger partial charge on any atom is 0.127 e. The minimum atomic E-state index is -0.364. The zero-order valence-corrected chi connectivity index (χ0v) is 12.0. The Morgan fingerprint density at radius 1 is 1.20 bits per heavy atom. The summed E-state index contributed by atoms with van der Waals surface area (Å²) < 4.78 is 10.8. The normalized spacial score (nSPS) is 12.0. The predicted molar refractivity (Wildman–Crippen MR) is 78.0 cm³/mol. The molecule has 0 fully saturated rings. The minimum absolute atomic E-state index is 0.364. The topological polar surface area (TPSA) is 69.4 Å². The number of rotatable bonds is 5. The maximum absolute atomic E-state index is 6.20.